The van der Waals surface area contributed by atoms with Gasteiger partial charge in [0.1, 0.15) is 17.2 Å². The second kappa shape index (κ2) is 11.6. The molecule has 0 aliphatic carbocycles. The number of nitrogens with one attached hydrogen (secondary N) is 1. The van der Waals surface area contributed by atoms with Crippen LogP contribution >= 0.6 is 0 Å². The summed E-state index contributed by atoms with van der Waals surface area (Å²) in [5, 5.41) is 3.55. The number of piperazine rings is 1. The number of aliphatic imine (C=N–C) groups is 1. The fraction of sp³-hybridized carbons (Fsp3) is 0.480. The smallest absolute Gasteiger partial charge is 0.193 e. The molecule has 1 saturated heterocycles. The van der Waals surface area contributed by atoms with Crippen molar-refractivity contribution in [3.8, 4) is 17.2 Å². The first kappa shape index (κ1) is 23.7. The molecule has 1 fully saturated rings. The van der Waals surface area contributed by atoms with Crippen molar-refractivity contribution in [1.82, 2.24) is 15.1 Å². The molecule has 0 spiro atoms. The van der Waals surface area contributed by atoms with Gasteiger partial charge >= 0.3 is 0 Å². The molecule has 0 bridgehead atoms. The fourth-order valence-corrected chi connectivity index (χ4v) is 4.12. The highest BCUT2D eigenvalue weighted by Gasteiger charge is 2.21. The van der Waals surface area contributed by atoms with Gasteiger partial charge in [0.15, 0.2) is 5.96 Å². The van der Waals surface area contributed by atoms with Crippen LogP contribution in [0.1, 0.15) is 24.0 Å². The van der Waals surface area contributed by atoms with Crippen molar-refractivity contribution < 1.29 is 14.2 Å². The molecule has 174 valence electrons. The minimum atomic E-state index is 0.310. The fourth-order valence-electron chi connectivity index (χ4n) is 4.12. The van der Waals surface area contributed by atoms with Crippen LogP contribution in [0.3, 0.4) is 0 Å². The largest absolute Gasteiger partial charge is 0.497 e. The Bertz CT molecular complexity index is 895. The Kier molecular flexibility index (Phi) is 8.62. The van der Waals surface area contributed by atoms with Crippen LogP contribution in [0.15, 0.2) is 47.5 Å². The van der Waals surface area contributed by atoms with Gasteiger partial charge in [0.05, 0.1) is 21.3 Å². The summed E-state index contributed by atoms with van der Waals surface area (Å²) in [5.41, 5.74) is 2.35. The molecule has 1 atom stereocenters. The first-order valence-electron chi connectivity index (χ1n) is 11.1. The molecule has 1 aliphatic rings. The maximum absolute atomic E-state index is 5.54. The lowest BCUT2D eigenvalue weighted by molar-refractivity contribution is 0.171. The zero-order chi connectivity index (χ0) is 22.9. The molecule has 1 unspecified atom stereocenters. The molecular weight excluding hydrogens is 404 g/mol. The van der Waals surface area contributed by atoms with E-state index in [1.54, 1.807) is 21.3 Å². The number of rotatable bonds is 8. The predicted octanol–water partition coefficient (Wildman–Crippen LogP) is 3.21. The van der Waals surface area contributed by atoms with Crippen LogP contribution in [0.4, 0.5) is 0 Å². The molecule has 3 rings (SSSR count). The van der Waals surface area contributed by atoms with Crippen molar-refractivity contribution in [2.45, 2.75) is 19.4 Å². The van der Waals surface area contributed by atoms with Crippen molar-refractivity contribution in [1.29, 1.82) is 0 Å². The molecule has 32 heavy (non-hydrogen) atoms. The van der Waals surface area contributed by atoms with E-state index in [4.69, 9.17) is 14.2 Å². The topological polar surface area (TPSA) is 58.6 Å². The molecule has 1 N–H and O–H groups in total. The number of methoxy groups -OCH3 is 3. The van der Waals surface area contributed by atoms with Crippen LogP contribution < -0.4 is 19.5 Å². The average molecular weight is 441 g/mol. The van der Waals surface area contributed by atoms with Crippen molar-refractivity contribution in [2.24, 2.45) is 4.99 Å². The molecule has 2 aromatic carbocycles. The van der Waals surface area contributed by atoms with Gasteiger partial charge in [-0.2, -0.15) is 0 Å². The lowest BCUT2D eigenvalue weighted by atomic mass is 10.0. The van der Waals surface area contributed by atoms with Gasteiger partial charge in [-0.05, 0) is 29.8 Å². The van der Waals surface area contributed by atoms with E-state index in [2.05, 4.69) is 45.2 Å². The van der Waals surface area contributed by atoms with Crippen LogP contribution in [-0.4, -0.2) is 76.9 Å². The molecule has 0 radical (unpaired) electrons. The van der Waals surface area contributed by atoms with Crippen LogP contribution in [0.2, 0.25) is 0 Å². The van der Waals surface area contributed by atoms with E-state index in [1.807, 2.05) is 31.3 Å². The molecule has 2 aromatic rings. The van der Waals surface area contributed by atoms with Crippen LogP contribution in [0.5, 0.6) is 17.2 Å². The standard InChI is InChI=1S/C25H36N4O3/c1-19(22-8-6-7-9-24(22)32-5)17-27-25(26-2)29-14-12-28(13-15-29)18-20-16-21(30-3)10-11-23(20)31-4/h6-11,16,19H,12-15,17-18H2,1-5H3,(H,26,27). The van der Waals surface area contributed by atoms with E-state index in [1.165, 1.54) is 5.56 Å². The third kappa shape index (κ3) is 5.85. The van der Waals surface area contributed by atoms with Gasteiger partial charge in [-0.25, -0.2) is 0 Å². The summed E-state index contributed by atoms with van der Waals surface area (Å²) in [6.07, 6.45) is 0. The highest BCUT2D eigenvalue weighted by atomic mass is 16.5. The number of ether oxygens (including phenoxy) is 3. The van der Waals surface area contributed by atoms with Gasteiger partial charge in [-0.1, -0.05) is 25.1 Å². The first-order valence-corrected chi connectivity index (χ1v) is 11.1. The summed E-state index contributed by atoms with van der Waals surface area (Å²) >= 11 is 0. The molecule has 0 aromatic heterocycles. The molecule has 0 amide bonds. The molecule has 0 saturated carbocycles. The maximum atomic E-state index is 5.54. The van der Waals surface area contributed by atoms with E-state index in [0.29, 0.717) is 5.92 Å². The number of benzene rings is 2. The summed E-state index contributed by atoms with van der Waals surface area (Å²) in [5.74, 6) is 3.94. The Balaban J connectivity index is 1.53. The van der Waals surface area contributed by atoms with Gasteiger partial charge < -0.3 is 24.4 Å². The van der Waals surface area contributed by atoms with Crippen LogP contribution in [-0.2, 0) is 6.54 Å². The molecule has 1 heterocycles. The predicted molar refractivity (Wildman–Crippen MR) is 129 cm³/mol. The molecule has 7 nitrogen and oxygen atoms in total. The summed E-state index contributed by atoms with van der Waals surface area (Å²) in [4.78, 5) is 9.29. The summed E-state index contributed by atoms with van der Waals surface area (Å²) in [6, 6.07) is 14.2. The van der Waals surface area contributed by atoms with E-state index in [9.17, 15) is 0 Å². The minimum Gasteiger partial charge on any atom is -0.497 e. The van der Waals surface area contributed by atoms with Gasteiger partial charge in [0, 0.05) is 57.8 Å². The number of nitrogens with zero attached hydrogens (tertiary/aromatic N) is 3. The third-order valence-corrected chi connectivity index (χ3v) is 6.00. The van der Waals surface area contributed by atoms with Crippen molar-refractivity contribution >= 4 is 5.96 Å². The number of hydrogen-bond acceptors (Lipinski definition) is 5. The van der Waals surface area contributed by atoms with E-state index in [-0.39, 0.29) is 0 Å². The van der Waals surface area contributed by atoms with E-state index >= 15 is 0 Å². The summed E-state index contributed by atoms with van der Waals surface area (Å²) < 4.78 is 16.4. The van der Waals surface area contributed by atoms with E-state index in [0.717, 1.165) is 68.0 Å². The van der Waals surface area contributed by atoms with Gasteiger partial charge in [-0.3, -0.25) is 9.89 Å². The zero-order valence-corrected chi connectivity index (χ0v) is 19.9. The summed E-state index contributed by atoms with van der Waals surface area (Å²) in [6.45, 7) is 7.62. The van der Waals surface area contributed by atoms with Gasteiger partial charge in [0.2, 0.25) is 0 Å². The Hall–Kier alpha value is -2.93. The third-order valence-electron chi connectivity index (χ3n) is 6.00. The monoisotopic (exact) mass is 440 g/mol. The van der Waals surface area contributed by atoms with Crippen LogP contribution in [0.25, 0.3) is 0 Å². The van der Waals surface area contributed by atoms with Gasteiger partial charge in [0.25, 0.3) is 0 Å². The average Bonchev–Trinajstić information content (AvgIpc) is 2.85. The van der Waals surface area contributed by atoms with E-state index < -0.39 is 0 Å². The first-order chi connectivity index (χ1) is 15.6. The van der Waals surface area contributed by atoms with Crippen molar-refractivity contribution in [3.63, 3.8) is 0 Å². The highest BCUT2D eigenvalue weighted by Crippen LogP contribution is 2.26. The van der Waals surface area contributed by atoms with Crippen molar-refractivity contribution in [3.05, 3.63) is 53.6 Å². The molecular formula is C25H36N4O3. The normalized spacial score (nSPS) is 15.9. The quantitative estimate of drug-likeness (QED) is 0.503. The highest BCUT2D eigenvalue weighted by molar-refractivity contribution is 5.80. The Morgan fingerprint density at radius 3 is 2.34 bits per heavy atom. The van der Waals surface area contributed by atoms with Gasteiger partial charge in [-0.15, -0.1) is 0 Å². The lowest BCUT2D eigenvalue weighted by Gasteiger charge is -2.37. The second-order valence-corrected chi connectivity index (χ2v) is 8.01. The summed E-state index contributed by atoms with van der Waals surface area (Å²) in [7, 11) is 6.98. The zero-order valence-electron chi connectivity index (χ0n) is 19.9. The molecule has 1 aliphatic heterocycles. The lowest BCUT2D eigenvalue weighted by Crippen LogP contribution is -2.52. The SMILES string of the molecule is CN=C(NCC(C)c1ccccc1OC)N1CCN(Cc2cc(OC)ccc2OC)CC1. The van der Waals surface area contributed by atoms with Crippen molar-refractivity contribution in [2.75, 3.05) is 61.1 Å². The second-order valence-electron chi connectivity index (χ2n) is 8.01. The Labute approximate surface area is 192 Å². The van der Waals surface area contributed by atoms with Crippen LogP contribution in [0, 0.1) is 0 Å². The Morgan fingerprint density at radius 1 is 0.969 bits per heavy atom. The number of hydrogen-bond donors (Lipinski definition) is 1. The maximum Gasteiger partial charge on any atom is 0.193 e. The minimum absolute atomic E-state index is 0.310. The molecule has 7 heteroatoms. The number of para-hydroxylation sites is 1. The Morgan fingerprint density at radius 2 is 1.69 bits per heavy atom. The number of guanidine groups is 1.